The third kappa shape index (κ3) is 5.06. The molecule has 0 fully saturated rings. The van der Waals surface area contributed by atoms with Crippen molar-refractivity contribution in [3.05, 3.63) is 76.0 Å². The van der Waals surface area contributed by atoms with E-state index >= 15 is 0 Å². The van der Waals surface area contributed by atoms with Gasteiger partial charge in [-0.15, -0.1) is 6.58 Å². The van der Waals surface area contributed by atoms with Gasteiger partial charge in [-0.2, -0.15) is 13.2 Å². The van der Waals surface area contributed by atoms with Crippen molar-refractivity contribution in [1.82, 2.24) is 4.98 Å². The lowest BCUT2D eigenvalue weighted by molar-refractivity contribution is -0.385. The molecule has 0 bridgehead atoms. The average molecular weight is 395 g/mol. The number of nitrogens with one attached hydrogen (secondary N) is 1. The maximum absolute atomic E-state index is 13.4. The number of benzene rings is 1. The molecule has 1 heterocycles. The highest BCUT2D eigenvalue weighted by Gasteiger charge is 2.39. The standard InChI is InChI=1S/C18H16F3N3O4/c1-2-6-12(9-11-7-4-3-5-8-11)22-16-13(18(19,20)21)10-14(24(27)28)15(23-16)17(25)26/h2-5,7-8,10,12H,1,6,9H2,(H,22,23)(H,25,26). The molecule has 0 saturated carbocycles. The molecule has 148 valence electrons. The number of hydrogen-bond acceptors (Lipinski definition) is 5. The summed E-state index contributed by atoms with van der Waals surface area (Å²) in [6.45, 7) is 3.57. The van der Waals surface area contributed by atoms with Crippen molar-refractivity contribution in [3.8, 4) is 0 Å². The lowest BCUT2D eigenvalue weighted by Crippen LogP contribution is -2.25. The van der Waals surface area contributed by atoms with Crippen LogP contribution in [0.1, 0.15) is 28.0 Å². The Bertz CT molecular complexity index is 886. The van der Waals surface area contributed by atoms with Crippen molar-refractivity contribution in [1.29, 1.82) is 0 Å². The van der Waals surface area contributed by atoms with Gasteiger partial charge in [0.1, 0.15) is 11.4 Å². The minimum atomic E-state index is -4.97. The second kappa shape index (κ2) is 8.51. The lowest BCUT2D eigenvalue weighted by atomic mass is 10.0. The van der Waals surface area contributed by atoms with E-state index in [9.17, 15) is 28.1 Å². The van der Waals surface area contributed by atoms with E-state index in [1.807, 2.05) is 0 Å². The van der Waals surface area contributed by atoms with E-state index in [2.05, 4.69) is 16.9 Å². The van der Waals surface area contributed by atoms with E-state index in [-0.39, 0.29) is 12.5 Å². The van der Waals surface area contributed by atoms with E-state index in [0.717, 1.165) is 5.56 Å². The molecule has 2 aromatic rings. The molecule has 0 aliphatic heterocycles. The van der Waals surface area contributed by atoms with Crippen LogP contribution in [0.15, 0.2) is 49.1 Å². The fraction of sp³-hybridized carbons (Fsp3) is 0.222. The largest absolute Gasteiger partial charge is 0.476 e. The summed E-state index contributed by atoms with van der Waals surface area (Å²) in [5.41, 5.74) is -2.88. The van der Waals surface area contributed by atoms with E-state index in [0.29, 0.717) is 6.42 Å². The zero-order valence-corrected chi connectivity index (χ0v) is 14.4. The summed E-state index contributed by atoms with van der Waals surface area (Å²) in [4.78, 5) is 24.4. The molecule has 28 heavy (non-hydrogen) atoms. The first-order valence-corrected chi connectivity index (χ1v) is 8.04. The van der Waals surface area contributed by atoms with E-state index in [1.54, 1.807) is 30.3 Å². The van der Waals surface area contributed by atoms with Crippen LogP contribution in [-0.2, 0) is 12.6 Å². The molecular weight excluding hydrogens is 379 g/mol. The minimum absolute atomic E-state index is 0.187. The van der Waals surface area contributed by atoms with Crippen LogP contribution < -0.4 is 5.32 Å². The van der Waals surface area contributed by atoms with Gasteiger partial charge < -0.3 is 10.4 Å². The number of aromatic carboxylic acids is 1. The number of anilines is 1. The number of nitrogens with zero attached hydrogens (tertiary/aromatic N) is 2. The van der Waals surface area contributed by atoms with Gasteiger partial charge in [0.15, 0.2) is 0 Å². The Morgan fingerprint density at radius 1 is 1.36 bits per heavy atom. The number of aromatic nitrogens is 1. The quantitative estimate of drug-likeness (QED) is 0.392. The highest BCUT2D eigenvalue weighted by Crippen LogP contribution is 2.37. The van der Waals surface area contributed by atoms with Crippen LogP contribution >= 0.6 is 0 Å². The summed E-state index contributed by atoms with van der Waals surface area (Å²) in [5.74, 6) is -2.58. The monoisotopic (exact) mass is 395 g/mol. The van der Waals surface area contributed by atoms with Crippen molar-refractivity contribution >= 4 is 17.5 Å². The molecule has 1 aromatic heterocycles. The van der Waals surface area contributed by atoms with Gasteiger partial charge in [0.2, 0.25) is 5.69 Å². The Morgan fingerprint density at radius 2 is 2.00 bits per heavy atom. The maximum Gasteiger partial charge on any atom is 0.420 e. The summed E-state index contributed by atoms with van der Waals surface area (Å²) in [6.07, 6.45) is -2.90. The fourth-order valence-electron chi connectivity index (χ4n) is 2.61. The zero-order valence-electron chi connectivity index (χ0n) is 14.4. The number of alkyl halides is 3. The Balaban J connectivity index is 2.50. The topological polar surface area (TPSA) is 105 Å². The van der Waals surface area contributed by atoms with E-state index < -0.39 is 45.9 Å². The molecule has 1 unspecified atom stereocenters. The summed E-state index contributed by atoms with van der Waals surface area (Å²) < 4.78 is 40.3. The highest BCUT2D eigenvalue weighted by molar-refractivity contribution is 5.91. The normalized spacial score (nSPS) is 12.2. The molecule has 2 rings (SSSR count). The smallest absolute Gasteiger partial charge is 0.420 e. The number of rotatable bonds is 8. The molecule has 0 spiro atoms. The molecule has 0 radical (unpaired) electrons. The number of hydrogen-bond donors (Lipinski definition) is 2. The van der Waals surface area contributed by atoms with Gasteiger partial charge in [0.05, 0.1) is 4.92 Å². The first-order chi connectivity index (χ1) is 13.1. The second-order valence-corrected chi connectivity index (χ2v) is 5.87. The van der Waals surface area contributed by atoms with Crippen LogP contribution in [0.4, 0.5) is 24.7 Å². The molecule has 10 heteroatoms. The van der Waals surface area contributed by atoms with E-state index in [4.69, 9.17) is 5.11 Å². The van der Waals surface area contributed by atoms with Crippen molar-refractivity contribution in [2.24, 2.45) is 0 Å². The number of carboxylic acid groups (broad SMARTS) is 1. The zero-order chi connectivity index (χ0) is 20.9. The number of halogens is 3. The number of nitro groups is 1. The highest BCUT2D eigenvalue weighted by atomic mass is 19.4. The minimum Gasteiger partial charge on any atom is -0.476 e. The number of pyridine rings is 1. The SMILES string of the molecule is C=CCC(Cc1ccccc1)Nc1nc(C(=O)O)c([N+](=O)[O-])cc1C(F)(F)F. The maximum atomic E-state index is 13.4. The van der Waals surface area contributed by atoms with Crippen molar-refractivity contribution in [3.63, 3.8) is 0 Å². The predicted molar refractivity (Wildman–Crippen MR) is 95.2 cm³/mol. The van der Waals surface area contributed by atoms with Crippen LogP contribution in [0.3, 0.4) is 0 Å². The summed E-state index contributed by atoms with van der Waals surface area (Å²) in [6, 6.07) is 8.51. The molecule has 0 aliphatic rings. The Labute approximate surface area is 157 Å². The molecular formula is C18H16F3N3O4. The molecule has 2 N–H and O–H groups in total. The molecule has 1 atom stereocenters. The van der Waals surface area contributed by atoms with Crippen LogP contribution in [0.5, 0.6) is 0 Å². The van der Waals surface area contributed by atoms with Crippen LogP contribution in [0.25, 0.3) is 0 Å². The van der Waals surface area contributed by atoms with Gasteiger partial charge in [-0.3, -0.25) is 10.1 Å². The first kappa shape index (κ1) is 20.9. The number of carbonyl (C=O) groups is 1. The molecule has 0 saturated heterocycles. The predicted octanol–water partition coefficient (Wildman–Crippen LogP) is 4.31. The molecule has 1 aromatic carbocycles. The molecule has 0 amide bonds. The van der Waals surface area contributed by atoms with Crippen LogP contribution in [0.2, 0.25) is 0 Å². The van der Waals surface area contributed by atoms with Gasteiger partial charge in [-0.05, 0) is 18.4 Å². The van der Waals surface area contributed by atoms with Gasteiger partial charge in [-0.25, -0.2) is 9.78 Å². The fourth-order valence-corrected chi connectivity index (χ4v) is 2.61. The van der Waals surface area contributed by atoms with E-state index in [1.165, 1.54) is 6.08 Å². The van der Waals surface area contributed by atoms with Gasteiger partial charge in [0, 0.05) is 12.1 Å². The molecule has 7 nitrogen and oxygen atoms in total. The van der Waals surface area contributed by atoms with Crippen molar-refractivity contribution in [2.75, 3.05) is 5.32 Å². The van der Waals surface area contributed by atoms with Gasteiger partial charge >= 0.3 is 17.8 Å². The summed E-state index contributed by atoms with van der Waals surface area (Å²) in [5, 5.41) is 22.7. The van der Waals surface area contributed by atoms with Crippen molar-refractivity contribution in [2.45, 2.75) is 25.1 Å². The Hall–Kier alpha value is -3.43. The number of carboxylic acids is 1. The molecule has 0 aliphatic carbocycles. The summed E-state index contributed by atoms with van der Waals surface area (Å²) >= 11 is 0. The van der Waals surface area contributed by atoms with Crippen LogP contribution in [0, 0.1) is 10.1 Å². The average Bonchev–Trinajstić information content (AvgIpc) is 2.61. The lowest BCUT2D eigenvalue weighted by Gasteiger charge is -2.21. The van der Waals surface area contributed by atoms with Crippen LogP contribution in [-0.4, -0.2) is 27.0 Å². The van der Waals surface area contributed by atoms with Crippen molar-refractivity contribution < 1.29 is 28.0 Å². The Morgan fingerprint density at radius 3 is 2.50 bits per heavy atom. The van der Waals surface area contributed by atoms with Gasteiger partial charge in [-0.1, -0.05) is 36.4 Å². The third-order valence-electron chi connectivity index (χ3n) is 3.82. The summed E-state index contributed by atoms with van der Waals surface area (Å²) in [7, 11) is 0. The second-order valence-electron chi connectivity index (χ2n) is 5.87. The Kier molecular flexibility index (Phi) is 6.34. The van der Waals surface area contributed by atoms with Gasteiger partial charge in [0.25, 0.3) is 0 Å². The third-order valence-corrected chi connectivity index (χ3v) is 3.82. The first-order valence-electron chi connectivity index (χ1n) is 8.04.